The molecule has 3 N–H and O–H groups in total. The van der Waals surface area contributed by atoms with Crippen molar-refractivity contribution < 1.29 is 32.6 Å². The Bertz CT molecular complexity index is 69.0. The van der Waals surface area contributed by atoms with E-state index < -0.39 is 15.8 Å². The summed E-state index contributed by atoms with van der Waals surface area (Å²) in [5.41, 5.74) is 0. The fraction of sp³-hybridized carbons (Fsp3) is 1.00. The van der Waals surface area contributed by atoms with Crippen LogP contribution < -0.4 is 0 Å². The van der Waals surface area contributed by atoms with E-state index >= 15 is 0 Å². The van der Waals surface area contributed by atoms with Crippen LogP contribution in [0.1, 0.15) is 13.8 Å². The van der Waals surface area contributed by atoms with E-state index in [0.717, 1.165) is 0 Å². The van der Waals surface area contributed by atoms with Crippen LogP contribution >= 0.6 is 0 Å². The summed E-state index contributed by atoms with van der Waals surface area (Å²) in [5.74, 6) is 0.440. The Morgan fingerprint density at radius 2 is 1.56 bits per heavy atom. The van der Waals surface area contributed by atoms with Gasteiger partial charge in [-0.25, -0.2) is 0 Å². The van der Waals surface area contributed by atoms with E-state index in [4.69, 9.17) is 16.8 Å². The molecule has 0 aliphatic carbocycles. The third-order valence-electron chi connectivity index (χ3n) is 0.365. The van der Waals surface area contributed by atoms with Crippen molar-refractivity contribution in [2.24, 2.45) is 5.92 Å². The molecule has 5 heteroatoms. The first kappa shape index (κ1) is 12.0. The van der Waals surface area contributed by atoms with Crippen molar-refractivity contribution in [1.82, 2.24) is 0 Å². The maximum absolute atomic E-state index is 8.78. The molecule has 9 heavy (non-hydrogen) atoms. The second kappa shape index (κ2) is 8.26. The summed E-state index contributed by atoms with van der Waals surface area (Å²) in [4.78, 5) is 0. The molecule has 0 aromatic rings. The molecule has 0 aliphatic heterocycles. The molecule has 0 heterocycles. The molecule has 0 radical (unpaired) electrons. The average molecular weight is 175 g/mol. The molecular formula is C4H12O4V. The van der Waals surface area contributed by atoms with Gasteiger partial charge in [-0.15, -0.1) is 0 Å². The van der Waals surface area contributed by atoms with E-state index in [1.165, 1.54) is 0 Å². The van der Waals surface area contributed by atoms with Gasteiger partial charge in [0.1, 0.15) is 0 Å². The fourth-order valence-electron chi connectivity index (χ4n) is 0. The van der Waals surface area contributed by atoms with Crippen LogP contribution in [0, 0.1) is 5.92 Å². The SMILES string of the molecule is CC(C)CO.[O]=[V]([OH])[OH]. The topological polar surface area (TPSA) is 77.8 Å². The summed E-state index contributed by atoms with van der Waals surface area (Å²) < 4.78 is 23.2. The van der Waals surface area contributed by atoms with Gasteiger partial charge >= 0.3 is 27.5 Å². The molecule has 0 unspecified atom stereocenters. The van der Waals surface area contributed by atoms with Crippen molar-refractivity contribution in [2.45, 2.75) is 13.8 Å². The Labute approximate surface area is 59.6 Å². The molecule has 0 bridgehead atoms. The van der Waals surface area contributed by atoms with Crippen LogP contribution in [-0.2, 0) is 19.5 Å². The van der Waals surface area contributed by atoms with E-state index in [1.54, 1.807) is 0 Å². The van der Waals surface area contributed by atoms with Gasteiger partial charge in [0.05, 0.1) is 0 Å². The number of hydrogen-bond acceptors (Lipinski definition) is 2. The van der Waals surface area contributed by atoms with Crippen molar-refractivity contribution in [3.8, 4) is 0 Å². The molecule has 0 aromatic carbocycles. The van der Waals surface area contributed by atoms with Gasteiger partial charge in [-0.3, -0.25) is 0 Å². The Hall–Kier alpha value is 0.264. The van der Waals surface area contributed by atoms with Crippen molar-refractivity contribution in [2.75, 3.05) is 6.61 Å². The van der Waals surface area contributed by atoms with Crippen LogP contribution in [0.25, 0.3) is 0 Å². The maximum atomic E-state index is 8.78. The van der Waals surface area contributed by atoms with Crippen LogP contribution in [0.3, 0.4) is 0 Å². The monoisotopic (exact) mass is 175 g/mol. The zero-order chi connectivity index (χ0) is 7.86. The van der Waals surface area contributed by atoms with Gasteiger partial charge in [0.15, 0.2) is 0 Å². The Morgan fingerprint density at radius 1 is 1.44 bits per heavy atom. The normalized spacial score (nSPS) is 8.22. The standard InChI is InChI=1S/C4H10O.2H2O.O.V/c1-4(2)3-5;;;;/h4-5H,3H2,1-2H3;2*1H2;;/q;;;;+2/p-2. The molecule has 0 atom stereocenters. The van der Waals surface area contributed by atoms with Gasteiger partial charge in [-0.1, -0.05) is 13.8 Å². The van der Waals surface area contributed by atoms with E-state index in [-0.39, 0.29) is 0 Å². The van der Waals surface area contributed by atoms with Crippen molar-refractivity contribution in [3.05, 3.63) is 0 Å². The van der Waals surface area contributed by atoms with Crippen LogP contribution in [0.15, 0.2) is 0 Å². The first-order chi connectivity index (χ1) is 4.00. The molecule has 0 aliphatic rings. The van der Waals surface area contributed by atoms with Crippen molar-refractivity contribution >= 4 is 0 Å². The second-order valence-corrected chi connectivity index (χ2v) is 2.62. The third kappa shape index (κ3) is 63.3. The molecule has 57 valence electrons. The number of hydrogen-bond donors (Lipinski definition) is 3. The molecule has 0 saturated heterocycles. The van der Waals surface area contributed by atoms with E-state index in [2.05, 4.69) is 0 Å². The zero-order valence-electron chi connectivity index (χ0n) is 5.48. The van der Waals surface area contributed by atoms with Gasteiger partial charge in [-0.05, 0) is 5.92 Å². The predicted octanol–water partition coefficient (Wildman–Crippen LogP) is -0.601. The van der Waals surface area contributed by atoms with Crippen LogP contribution in [0.5, 0.6) is 0 Å². The molecular weight excluding hydrogens is 163 g/mol. The van der Waals surface area contributed by atoms with Crippen LogP contribution in [-0.4, -0.2) is 19.8 Å². The number of rotatable bonds is 1. The van der Waals surface area contributed by atoms with Gasteiger partial charge in [-0.2, -0.15) is 0 Å². The molecule has 0 fully saturated rings. The molecule has 0 aromatic heterocycles. The Kier molecular flexibility index (Phi) is 11.0. The minimum absolute atomic E-state index is 0.306. The van der Waals surface area contributed by atoms with E-state index in [9.17, 15) is 0 Å². The van der Waals surface area contributed by atoms with Gasteiger partial charge in [0.2, 0.25) is 0 Å². The molecule has 0 amide bonds. The first-order valence-corrected chi connectivity index (χ1v) is 4.28. The van der Waals surface area contributed by atoms with Crippen LogP contribution in [0.2, 0.25) is 0 Å². The Morgan fingerprint density at radius 3 is 1.56 bits per heavy atom. The molecule has 4 nitrogen and oxygen atoms in total. The summed E-state index contributed by atoms with van der Waals surface area (Å²) in [6.45, 7) is 4.25. The second-order valence-electron chi connectivity index (χ2n) is 1.83. The van der Waals surface area contributed by atoms with E-state index in [0.29, 0.717) is 12.5 Å². The summed E-state index contributed by atoms with van der Waals surface area (Å²) in [7, 11) is 0. The molecule has 0 saturated carbocycles. The van der Waals surface area contributed by atoms with Gasteiger partial charge in [0, 0.05) is 6.61 Å². The average Bonchev–Trinajstić information content (AvgIpc) is 1.65. The molecule has 0 rings (SSSR count). The van der Waals surface area contributed by atoms with Crippen molar-refractivity contribution in [1.29, 1.82) is 0 Å². The first-order valence-electron chi connectivity index (χ1n) is 2.46. The summed E-state index contributed by atoms with van der Waals surface area (Å²) >= 11 is -3.44. The summed E-state index contributed by atoms with van der Waals surface area (Å²) in [6, 6.07) is 0. The van der Waals surface area contributed by atoms with E-state index in [1.807, 2.05) is 13.8 Å². The minimum atomic E-state index is -3.44. The Balaban J connectivity index is 0. The van der Waals surface area contributed by atoms with Crippen molar-refractivity contribution in [3.63, 3.8) is 0 Å². The fourth-order valence-corrected chi connectivity index (χ4v) is 0. The van der Waals surface area contributed by atoms with Gasteiger partial charge in [0.25, 0.3) is 0 Å². The summed E-state index contributed by atoms with van der Waals surface area (Å²) in [6.07, 6.45) is 0. The summed E-state index contributed by atoms with van der Waals surface area (Å²) in [5, 5.41) is 8.14. The third-order valence-corrected chi connectivity index (χ3v) is 0.365. The quantitative estimate of drug-likeness (QED) is 0.497. The number of aliphatic hydroxyl groups excluding tert-OH is 1. The molecule has 0 spiro atoms. The zero-order valence-corrected chi connectivity index (χ0v) is 6.88. The number of aliphatic hydroxyl groups is 1. The predicted molar refractivity (Wildman–Crippen MR) is 27.0 cm³/mol. The van der Waals surface area contributed by atoms with Crippen LogP contribution in [0.4, 0.5) is 0 Å². The van der Waals surface area contributed by atoms with Gasteiger partial charge < -0.3 is 5.11 Å².